The van der Waals surface area contributed by atoms with E-state index in [4.69, 9.17) is 30.7 Å². The summed E-state index contributed by atoms with van der Waals surface area (Å²) in [6, 6.07) is 10.6. The van der Waals surface area contributed by atoms with Crippen LogP contribution in [0.25, 0.3) is 12.2 Å². The number of allylic oxidation sites excluding steroid dienone is 2. The van der Waals surface area contributed by atoms with Crippen LogP contribution in [0.15, 0.2) is 48.6 Å². The van der Waals surface area contributed by atoms with Crippen molar-refractivity contribution in [2.45, 2.75) is 6.92 Å². The highest BCUT2D eigenvalue weighted by atomic mass is 35.5. The van der Waals surface area contributed by atoms with Crippen LogP contribution in [0.4, 0.5) is 0 Å². The van der Waals surface area contributed by atoms with Crippen molar-refractivity contribution in [1.82, 2.24) is 4.84 Å². The van der Waals surface area contributed by atoms with E-state index in [-0.39, 0.29) is 11.6 Å². The molecule has 0 saturated heterocycles. The van der Waals surface area contributed by atoms with Gasteiger partial charge in [0.25, 0.3) is 0 Å². The number of benzene rings is 2. The lowest BCUT2D eigenvalue weighted by Crippen LogP contribution is -2.17. The maximum absolute atomic E-state index is 12.5. The smallest absolute Gasteiger partial charge is 0.166 e. The van der Waals surface area contributed by atoms with Gasteiger partial charge in [0.15, 0.2) is 34.6 Å². The Bertz CT molecular complexity index is 1020. The van der Waals surface area contributed by atoms with Crippen LogP contribution in [0.1, 0.15) is 18.1 Å². The predicted molar refractivity (Wildman–Crippen MR) is 129 cm³/mol. The van der Waals surface area contributed by atoms with Crippen molar-refractivity contribution in [2.24, 2.45) is 5.92 Å². The van der Waals surface area contributed by atoms with Crippen molar-refractivity contribution in [2.75, 3.05) is 34.5 Å². The molecule has 0 aliphatic heterocycles. The number of halogens is 1. The first-order valence-electron chi connectivity index (χ1n) is 10.2. The molecule has 0 fully saturated rings. The molecule has 0 amide bonds. The number of carbonyl (C=O) groups is 2. The molecule has 2 aromatic rings. The summed E-state index contributed by atoms with van der Waals surface area (Å²) in [5, 5.41) is 0. The summed E-state index contributed by atoms with van der Waals surface area (Å²) in [6.07, 6.45) is 6.06. The van der Waals surface area contributed by atoms with Crippen LogP contribution in [0.3, 0.4) is 0 Å². The van der Waals surface area contributed by atoms with Gasteiger partial charge in [-0.25, -0.2) is 4.84 Å². The van der Waals surface area contributed by atoms with E-state index in [0.717, 1.165) is 11.1 Å². The molecule has 1 N–H and O–H groups in total. The Balaban J connectivity index is 2.03. The van der Waals surface area contributed by atoms with Crippen molar-refractivity contribution in [3.8, 4) is 23.0 Å². The molecule has 0 spiro atoms. The Morgan fingerprint density at radius 3 is 1.82 bits per heavy atom. The van der Waals surface area contributed by atoms with Gasteiger partial charge in [-0.2, -0.15) is 0 Å². The molecule has 7 nitrogen and oxygen atoms in total. The van der Waals surface area contributed by atoms with Gasteiger partial charge < -0.3 is 18.9 Å². The third-order valence-corrected chi connectivity index (χ3v) is 4.97. The lowest BCUT2D eigenvalue weighted by molar-refractivity contribution is -0.126. The van der Waals surface area contributed by atoms with Crippen LogP contribution < -0.4 is 23.8 Å². The predicted octanol–water partition coefficient (Wildman–Crippen LogP) is 4.34. The van der Waals surface area contributed by atoms with Crippen molar-refractivity contribution in [1.29, 1.82) is 0 Å². The minimum absolute atomic E-state index is 0.298. The van der Waals surface area contributed by atoms with Gasteiger partial charge in [0, 0.05) is 6.54 Å². The molecule has 8 heteroatoms. The van der Waals surface area contributed by atoms with E-state index in [1.165, 1.54) is 19.3 Å². The van der Waals surface area contributed by atoms with Crippen molar-refractivity contribution in [3.05, 3.63) is 59.7 Å². The number of ketones is 2. The molecule has 176 valence electrons. The Labute approximate surface area is 199 Å². The van der Waals surface area contributed by atoms with Crippen LogP contribution in [0.2, 0.25) is 0 Å². The fraction of sp³-hybridized carbons (Fsp3) is 0.280. The second-order valence-electron chi connectivity index (χ2n) is 6.95. The Hall–Kier alpha value is -3.29. The number of hydrogen-bond donors (Lipinski definition) is 1. The van der Waals surface area contributed by atoms with Gasteiger partial charge in [-0.1, -0.05) is 24.3 Å². The number of rotatable bonds is 13. The fourth-order valence-corrected chi connectivity index (χ4v) is 2.93. The van der Waals surface area contributed by atoms with Gasteiger partial charge in [0.05, 0.1) is 27.2 Å². The average Bonchev–Trinajstić information content (AvgIpc) is 2.85. The summed E-state index contributed by atoms with van der Waals surface area (Å²) in [5.41, 5.74) is 1.50. The van der Waals surface area contributed by atoms with Gasteiger partial charge in [-0.15, -0.1) is 0 Å². The summed E-state index contributed by atoms with van der Waals surface area (Å²) >= 11 is 5.42. The Kier molecular flexibility index (Phi) is 10.5. The first-order valence-corrected chi connectivity index (χ1v) is 10.6. The SMILES string of the molecule is COc1ccc(/C=C/C(=O)C(C)C(=O)/C=C/c2ccc(OCCNCl)c(OC)c2)cc1OC. The van der Waals surface area contributed by atoms with Gasteiger partial charge in [-0.3, -0.25) is 9.59 Å². The van der Waals surface area contributed by atoms with Crippen LogP contribution in [0, 0.1) is 5.92 Å². The standard InChI is InChI=1S/C25H28ClNO6/c1-17(20(28)9-5-18-7-11-22(30-2)24(15-18)31-3)21(29)10-6-19-8-12-23(25(16-19)32-4)33-14-13-27-26/h5-12,15-17,27H,13-14H2,1-4H3/b9-5+,10-6+. The number of carbonyl (C=O) groups excluding carboxylic acids is 2. The van der Waals surface area contributed by atoms with Gasteiger partial charge in [0.2, 0.25) is 0 Å². The summed E-state index contributed by atoms with van der Waals surface area (Å²) < 4.78 is 21.4. The molecule has 0 aromatic heterocycles. The zero-order valence-corrected chi connectivity index (χ0v) is 19.8. The van der Waals surface area contributed by atoms with E-state index >= 15 is 0 Å². The van der Waals surface area contributed by atoms with E-state index in [2.05, 4.69) is 4.84 Å². The molecule has 0 heterocycles. The highest BCUT2D eigenvalue weighted by molar-refractivity contribution is 6.13. The third-order valence-electron chi connectivity index (χ3n) is 4.78. The molecular weight excluding hydrogens is 446 g/mol. The second-order valence-corrected chi connectivity index (χ2v) is 7.22. The molecule has 33 heavy (non-hydrogen) atoms. The van der Waals surface area contributed by atoms with Crippen molar-refractivity contribution >= 4 is 35.5 Å². The highest BCUT2D eigenvalue weighted by Gasteiger charge is 2.17. The lowest BCUT2D eigenvalue weighted by Gasteiger charge is -2.11. The second kappa shape index (κ2) is 13.3. The largest absolute Gasteiger partial charge is 0.493 e. The molecule has 0 saturated carbocycles. The Morgan fingerprint density at radius 1 is 0.848 bits per heavy atom. The summed E-state index contributed by atoms with van der Waals surface area (Å²) in [5.74, 6) is 0.834. The maximum atomic E-state index is 12.5. The molecular formula is C25H28ClNO6. The fourth-order valence-electron chi connectivity index (χ4n) is 2.85. The number of nitrogens with one attached hydrogen (secondary N) is 1. The topological polar surface area (TPSA) is 83.1 Å². The number of methoxy groups -OCH3 is 3. The van der Waals surface area contributed by atoms with Crippen molar-refractivity contribution < 1.29 is 28.5 Å². The van der Waals surface area contributed by atoms with Crippen molar-refractivity contribution in [3.63, 3.8) is 0 Å². The normalized spacial score (nSPS) is 12.0. The van der Waals surface area contributed by atoms with E-state index in [0.29, 0.717) is 36.1 Å². The molecule has 0 aliphatic carbocycles. The van der Waals surface area contributed by atoms with E-state index in [1.54, 1.807) is 69.7 Å². The number of ether oxygens (including phenoxy) is 4. The van der Waals surface area contributed by atoms with E-state index < -0.39 is 5.92 Å². The molecule has 2 aromatic carbocycles. The minimum atomic E-state index is -0.815. The first-order chi connectivity index (χ1) is 15.9. The summed E-state index contributed by atoms with van der Waals surface area (Å²) in [4.78, 5) is 27.4. The van der Waals surface area contributed by atoms with Crippen LogP contribution >= 0.6 is 11.8 Å². The summed E-state index contributed by atoms with van der Waals surface area (Å²) in [7, 11) is 4.63. The van der Waals surface area contributed by atoms with Crippen LogP contribution in [0.5, 0.6) is 23.0 Å². The zero-order valence-electron chi connectivity index (χ0n) is 19.1. The number of hydrogen-bond acceptors (Lipinski definition) is 7. The molecule has 0 aliphatic rings. The van der Waals surface area contributed by atoms with Gasteiger partial charge in [-0.05, 0) is 66.2 Å². The Morgan fingerprint density at radius 2 is 1.33 bits per heavy atom. The van der Waals surface area contributed by atoms with E-state index in [9.17, 15) is 9.59 Å². The highest BCUT2D eigenvalue weighted by Crippen LogP contribution is 2.29. The lowest BCUT2D eigenvalue weighted by atomic mass is 9.99. The monoisotopic (exact) mass is 473 g/mol. The molecule has 1 atom stereocenters. The molecule has 0 radical (unpaired) electrons. The molecule has 0 bridgehead atoms. The first kappa shape index (κ1) is 26.0. The van der Waals surface area contributed by atoms with E-state index in [1.807, 2.05) is 0 Å². The van der Waals surface area contributed by atoms with Crippen LogP contribution in [-0.2, 0) is 9.59 Å². The maximum Gasteiger partial charge on any atom is 0.166 e. The molecule has 1 unspecified atom stereocenters. The van der Waals surface area contributed by atoms with Gasteiger partial charge >= 0.3 is 0 Å². The molecule has 2 rings (SSSR count). The quantitative estimate of drug-likeness (QED) is 0.200. The van der Waals surface area contributed by atoms with Crippen LogP contribution in [-0.4, -0.2) is 46.0 Å². The zero-order chi connectivity index (χ0) is 24.2. The minimum Gasteiger partial charge on any atom is -0.493 e. The summed E-state index contributed by atoms with van der Waals surface area (Å²) in [6.45, 7) is 2.44. The average molecular weight is 474 g/mol. The third kappa shape index (κ3) is 7.66. The van der Waals surface area contributed by atoms with Gasteiger partial charge in [0.1, 0.15) is 6.61 Å².